The molecule has 0 fully saturated rings. The first kappa shape index (κ1) is 23.4. The van der Waals surface area contributed by atoms with Crippen LogP contribution in [0.4, 0.5) is 0 Å². The molecule has 0 unspecified atom stereocenters. The number of rotatable bonds is 10. The maximum absolute atomic E-state index is 13.8. The van der Waals surface area contributed by atoms with E-state index in [-0.39, 0.29) is 34.1 Å². The molecule has 0 atom stereocenters. The average molecular weight is 432 g/mol. The summed E-state index contributed by atoms with van der Waals surface area (Å²) in [5, 5.41) is -1.95. The number of hydrogen-bond acceptors (Lipinski definition) is 7. The SMILES string of the molecule is COc1cccc(OC)c1C(=O)C(P=O)(C(=O)c1c(OC)cccc1OC)C(C)C. The molecule has 0 aliphatic carbocycles. The van der Waals surface area contributed by atoms with E-state index >= 15 is 0 Å². The third-order valence-corrected chi connectivity index (χ3v) is 6.19. The minimum Gasteiger partial charge on any atom is -0.496 e. The summed E-state index contributed by atoms with van der Waals surface area (Å²) in [5.74, 6) is -1.13. The van der Waals surface area contributed by atoms with Gasteiger partial charge in [-0.15, -0.1) is 0 Å². The Bertz CT molecular complexity index is 840. The number of carbonyl (C=O) groups is 2. The third-order valence-electron chi connectivity index (χ3n) is 4.98. The second-order valence-corrected chi connectivity index (χ2v) is 7.63. The van der Waals surface area contributed by atoms with Crippen LogP contribution in [0.15, 0.2) is 36.4 Å². The molecule has 0 aliphatic rings. The molecule has 0 radical (unpaired) electrons. The summed E-state index contributed by atoms with van der Waals surface area (Å²) in [7, 11) is 4.96. The van der Waals surface area contributed by atoms with Crippen LogP contribution >= 0.6 is 8.46 Å². The molecule has 30 heavy (non-hydrogen) atoms. The Morgan fingerprint density at radius 2 is 1.03 bits per heavy atom. The van der Waals surface area contributed by atoms with Crippen LogP contribution in [-0.4, -0.2) is 45.2 Å². The smallest absolute Gasteiger partial charge is 0.196 e. The lowest BCUT2D eigenvalue weighted by molar-refractivity contribution is 0.0792. The first-order valence-electron chi connectivity index (χ1n) is 9.20. The Balaban J connectivity index is 2.83. The van der Waals surface area contributed by atoms with E-state index in [0.29, 0.717) is 0 Å². The maximum atomic E-state index is 13.8. The Hall–Kier alpha value is -2.92. The molecule has 2 aromatic carbocycles. The summed E-state index contributed by atoms with van der Waals surface area (Å²) in [6.45, 7) is 3.31. The highest BCUT2D eigenvalue weighted by atomic mass is 31.1. The molecule has 0 aliphatic heterocycles. The first-order valence-corrected chi connectivity index (χ1v) is 10.0. The van der Waals surface area contributed by atoms with E-state index < -0.39 is 31.1 Å². The van der Waals surface area contributed by atoms with E-state index in [1.54, 1.807) is 50.2 Å². The number of ether oxygens (including phenoxy) is 4. The van der Waals surface area contributed by atoms with E-state index in [0.717, 1.165) is 0 Å². The zero-order valence-electron chi connectivity index (χ0n) is 17.8. The lowest BCUT2D eigenvalue weighted by Gasteiger charge is -2.30. The molecule has 0 bridgehead atoms. The highest BCUT2D eigenvalue weighted by molar-refractivity contribution is 7.30. The van der Waals surface area contributed by atoms with Gasteiger partial charge in [0.15, 0.2) is 25.2 Å². The normalized spacial score (nSPS) is 11.3. The van der Waals surface area contributed by atoms with E-state index in [4.69, 9.17) is 18.9 Å². The van der Waals surface area contributed by atoms with Crippen molar-refractivity contribution in [2.75, 3.05) is 28.4 Å². The van der Waals surface area contributed by atoms with Crippen LogP contribution in [0.1, 0.15) is 34.6 Å². The molecule has 0 heterocycles. The topological polar surface area (TPSA) is 88.1 Å². The van der Waals surface area contributed by atoms with Gasteiger partial charge in [0.05, 0.1) is 28.4 Å². The molecule has 0 spiro atoms. The van der Waals surface area contributed by atoms with Gasteiger partial charge >= 0.3 is 0 Å². The van der Waals surface area contributed by atoms with Gasteiger partial charge in [-0.1, -0.05) is 26.0 Å². The number of Topliss-reactive ketones (excluding diaryl/α,β-unsaturated/α-hetero) is 2. The van der Waals surface area contributed by atoms with Gasteiger partial charge in [0, 0.05) is 0 Å². The summed E-state index contributed by atoms with van der Waals surface area (Å²) in [5.41, 5.74) is 0.0866. The molecule has 7 nitrogen and oxygen atoms in total. The average Bonchev–Trinajstić information content (AvgIpc) is 2.77. The van der Waals surface area contributed by atoms with Gasteiger partial charge in [0.2, 0.25) is 0 Å². The number of methoxy groups -OCH3 is 4. The number of hydrogen-bond donors (Lipinski definition) is 0. The van der Waals surface area contributed by atoms with Crippen molar-refractivity contribution in [2.24, 2.45) is 5.92 Å². The van der Waals surface area contributed by atoms with Crippen LogP contribution in [-0.2, 0) is 4.57 Å². The highest BCUT2D eigenvalue weighted by Gasteiger charge is 2.53. The van der Waals surface area contributed by atoms with E-state index in [1.165, 1.54) is 28.4 Å². The molecule has 0 N–H and O–H groups in total. The summed E-state index contributed by atoms with van der Waals surface area (Å²) < 4.78 is 33.9. The summed E-state index contributed by atoms with van der Waals surface area (Å²) in [4.78, 5) is 27.7. The van der Waals surface area contributed by atoms with Crippen molar-refractivity contribution in [2.45, 2.75) is 19.0 Å². The van der Waals surface area contributed by atoms with Gasteiger partial charge in [-0.05, 0) is 30.2 Å². The van der Waals surface area contributed by atoms with E-state index in [2.05, 4.69) is 0 Å². The Morgan fingerprint density at radius 3 is 1.23 bits per heavy atom. The Morgan fingerprint density at radius 1 is 0.733 bits per heavy atom. The van der Waals surface area contributed by atoms with Crippen molar-refractivity contribution in [3.05, 3.63) is 47.5 Å². The largest absolute Gasteiger partial charge is 0.496 e. The van der Waals surface area contributed by atoms with Gasteiger partial charge in [0.1, 0.15) is 34.1 Å². The number of carbonyl (C=O) groups excluding carboxylic acids is 2. The minimum atomic E-state index is -1.95. The van der Waals surface area contributed by atoms with Crippen molar-refractivity contribution in [3.63, 3.8) is 0 Å². The van der Waals surface area contributed by atoms with Gasteiger partial charge in [-0.3, -0.25) is 14.2 Å². The minimum absolute atomic E-state index is 0.0433. The lowest BCUT2D eigenvalue weighted by Crippen LogP contribution is -2.46. The standard InChI is InChI=1S/C22H25O7P/c1-13(2)22(30-25,20(23)18-14(26-3)9-7-10-15(18)27-4)21(24)19-16(28-5)11-8-12-17(19)29-6/h7-13H,1-6H3. The molecular formula is C22H25O7P. The summed E-state index contributed by atoms with van der Waals surface area (Å²) in [6, 6.07) is 9.64. The molecular weight excluding hydrogens is 407 g/mol. The molecule has 2 aromatic rings. The van der Waals surface area contributed by atoms with Crippen LogP contribution in [0.25, 0.3) is 0 Å². The summed E-state index contributed by atoms with van der Waals surface area (Å²) >= 11 is 0. The summed E-state index contributed by atoms with van der Waals surface area (Å²) in [6.07, 6.45) is 0. The van der Waals surface area contributed by atoms with Crippen molar-refractivity contribution >= 4 is 20.0 Å². The molecule has 8 heteroatoms. The maximum Gasteiger partial charge on any atom is 0.196 e. The van der Waals surface area contributed by atoms with Gasteiger partial charge in [0.25, 0.3) is 0 Å². The second kappa shape index (κ2) is 9.72. The fourth-order valence-electron chi connectivity index (χ4n) is 3.35. The number of ketones is 2. The van der Waals surface area contributed by atoms with Crippen molar-refractivity contribution in [1.82, 2.24) is 0 Å². The quantitative estimate of drug-likeness (QED) is 0.311. The molecule has 160 valence electrons. The fourth-order valence-corrected chi connectivity index (χ4v) is 3.95. The van der Waals surface area contributed by atoms with Crippen LogP contribution in [0.5, 0.6) is 23.0 Å². The van der Waals surface area contributed by atoms with Gasteiger partial charge in [-0.25, -0.2) is 0 Å². The van der Waals surface area contributed by atoms with Crippen molar-refractivity contribution < 1.29 is 33.1 Å². The predicted molar refractivity (Wildman–Crippen MR) is 113 cm³/mol. The molecule has 0 saturated carbocycles. The zero-order valence-corrected chi connectivity index (χ0v) is 18.7. The molecule has 0 aromatic heterocycles. The van der Waals surface area contributed by atoms with Crippen molar-refractivity contribution in [1.29, 1.82) is 0 Å². The monoisotopic (exact) mass is 432 g/mol. The van der Waals surface area contributed by atoms with Gasteiger partial charge < -0.3 is 18.9 Å². The van der Waals surface area contributed by atoms with Crippen LogP contribution in [0.2, 0.25) is 0 Å². The number of benzene rings is 2. The Kier molecular flexibility index (Phi) is 7.57. The Labute approximate surface area is 177 Å². The first-order chi connectivity index (χ1) is 14.3. The highest BCUT2D eigenvalue weighted by Crippen LogP contribution is 2.45. The molecule has 0 saturated heterocycles. The zero-order chi connectivity index (χ0) is 22.5. The lowest BCUT2D eigenvalue weighted by atomic mass is 9.80. The van der Waals surface area contributed by atoms with E-state index in [9.17, 15) is 14.2 Å². The van der Waals surface area contributed by atoms with Crippen LogP contribution in [0.3, 0.4) is 0 Å². The van der Waals surface area contributed by atoms with Gasteiger partial charge in [-0.2, -0.15) is 0 Å². The second-order valence-electron chi connectivity index (χ2n) is 6.75. The molecule has 2 rings (SSSR count). The van der Waals surface area contributed by atoms with Crippen LogP contribution < -0.4 is 18.9 Å². The predicted octanol–water partition coefficient (Wildman–Crippen LogP) is 4.47. The van der Waals surface area contributed by atoms with E-state index in [1.807, 2.05) is 0 Å². The third kappa shape index (κ3) is 3.77. The molecule has 0 amide bonds. The van der Waals surface area contributed by atoms with Crippen LogP contribution in [0, 0.1) is 5.92 Å². The fraction of sp³-hybridized carbons (Fsp3) is 0.364. The van der Waals surface area contributed by atoms with Crippen molar-refractivity contribution in [3.8, 4) is 23.0 Å².